The van der Waals surface area contributed by atoms with Crippen LogP contribution >= 0.6 is 11.8 Å². The molecular formula is C15H13NOS. The monoisotopic (exact) mass is 255 g/mol. The summed E-state index contributed by atoms with van der Waals surface area (Å²) >= 11 is 1.60. The van der Waals surface area contributed by atoms with E-state index in [2.05, 4.69) is 6.07 Å². The van der Waals surface area contributed by atoms with E-state index in [-0.39, 0.29) is 0 Å². The fourth-order valence-electron chi connectivity index (χ4n) is 1.64. The predicted molar refractivity (Wildman–Crippen MR) is 72.4 cm³/mol. The van der Waals surface area contributed by atoms with Gasteiger partial charge in [0.25, 0.3) is 0 Å². The van der Waals surface area contributed by atoms with E-state index in [1.807, 2.05) is 48.5 Å². The average Bonchev–Trinajstić information content (AvgIpc) is 2.42. The van der Waals surface area contributed by atoms with Crippen LogP contribution in [-0.2, 0) is 11.3 Å². The Balaban J connectivity index is 2.31. The first kappa shape index (κ1) is 12.7. The number of hydrogen-bond donors (Lipinski definition) is 0. The van der Waals surface area contributed by atoms with Gasteiger partial charge in [0.2, 0.25) is 0 Å². The van der Waals surface area contributed by atoms with Gasteiger partial charge in [0.1, 0.15) is 6.07 Å². The molecule has 0 aromatic heterocycles. The minimum Gasteiger partial charge on any atom is -0.380 e. The van der Waals surface area contributed by atoms with Crippen molar-refractivity contribution >= 4 is 11.8 Å². The third-order valence-corrected chi connectivity index (χ3v) is 3.69. The van der Waals surface area contributed by atoms with Gasteiger partial charge in [-0.15, -0.1) is 0 Å². The summed E-state index contributed by atoms with van der Waals surface area (Å²) in [5.41, 5.74) is 1.84. The van der Waals surface area contributed by atoms with Gasteiger partial charge in [0, 0.05) is 16.9 Å². The Morgan fingerprint density at radius 3 is 2.44 bits per heavy atom. The van der Waals surface area contributed by atoms with Crippen LogP contribution in [0.15, 0.2) is 58.3 Å². The predicted octanol–water partition coefficient (Wildman–Crippen LogP) is 3.86. The Hall–Kier alpha value is -1.76. The third kappa shape index (κ3) is 2.92. The lowest BCUT2D eigenvalue weighted by Gasteiger charge is -2.09. The first-order valence-electron chi connectivity index (χ1n) is 5.59. The zero-order chi connectivity index (χ0) is 12.8. The molecule has 3 heteroatoms. The van der Waals surface area contributed by atoms with Crippen molar-refractivity contribution in [1.82, 2.24) is 0 Å². The molecule has 0 spiro atoms. The molecule has 2 aromatic rings. The van der Waals surface area contributed by atoms with Gasteiger partial charge in [0.05, 0.1) is 12.2 Å². The first-order chi connectivity index (χ1) is 8.85. The SMILES string of the molecule is COCc1ccccc1Sc1ccccc1C#N. The molecule has 0 saturated heterocycles. The highest BCUT2D eigenvalue weighted by molar-refractivity contribution is 7.99. The number of nitriles is 1. The van der Waals surface area contributed by atoms with Gasteiger partial charge in [-0.1, -0.05) is 42.1 Å². The summed E-state index contributed by atoms with van der Waals surface area (Å²) in [5, 5.41) is 9.08. The molecular weight excluding hydrogens is 242 g/mol. The summed E-state index contributed by atoms with van der Waals surface area (Å²) in [7, 11) is 1.69. The molecule has 0 bridgehead atoms. The molecule has 0 aliphatic rings. The van der Waals surface area contributed by atoms with Gasteiger partial charge in [0.15, 0.2) is 0 Å². The molecule has 2 nitrogen and oxygen atoms in total. The van der Waals surface area contributed by atoms with Crippen molar-refractivity contribution in [2.45, 2.75) is 16.4 Å². The van der Waals surface area contributed by atoms with Crippen molar-refractivity contribution in [2.75, 3.05) is 7.11 Å². The van der Waals surface area contributed by atoms with Crippen LogP contribution in [0.4, 0.5) is 0 Å². The largest absolute Gasteiger partial charge is 0.380 e. The van der Waals surface area contributed by atoms with Crippen molar-refractivity contribution in [3.8, 4) is 6.07 Å². The maximum Gasteiger partial charge on any atom is 0.100 e. The molecule has 0 N–H and O–H groups in total. The van der Waals surface area contributed by atoms with E-state index in [1.54, 1.807) is 18.9 Å². The van der Waals surface area contributed by atoms with Crippen LogP contribution in [0.3, 0.4) is 0 Å². The average molecular weight is 255 g/mol. The van der Waals surface area contributed by atoms with Crippen LogP contribution in [0.1, 0.15) is 11.1 Å². The maximum atomic E-state index is 9.08. The molecule has 90 valence electrons. The van der Waals surface area contributed by atoms with Gasteiger partial charge < -0.3 is 4.74 Å². The van der Waals surface area contributed by atoms with Crippen molar-refractivity contribution in [3.05, 3.63) is 59.7 Å². The molecule has 0 aliphatic heterocycles. The van der Waals surface area contributed by atoms with Crippen LogP contribution in [-0.4, -0.2) is 7.11 Å². The number of nitrogens with zero attached hydrogens (tertiary/aromatic N) is 1. The molecule has 0 saturated carbocycles. The van der Waals surface area contributed by atoms with E-state index in [1.165, 1.54) is 0 Å². The van der Waals surface area contributed by atoms with Crippen molar-refractivity contribution in [1.29, 1.82) is 5.26 Å². The van der Waals surface area contributed by atoms with Crippen LogP contribution in [0.25, 0.3) is 0 Å². The normalized spacial score (nSPS) is 10.0. The van der Waals surface area contributed by atoms with E-state index in [4.69, 9.17) is 10.00 Å². The summed E-state index contributed by atoms with van der Waals surface area (Å²) < 4.78 is 5.18. The summed E-state index contributed by atoms with van der Waals surface area (Å²) in [6, 6.07) is 17.9. The summed E-state index contributed by atoms with van der Waals surface area (Å²) in [6.45, 7) is 0.581. The second-order valence-electron chi connectivity index (χ2n) is 3.75. The lowest BCUT2D eigenvalue weighted by atomic mass is 10.2. The second-order valence-corrected chi connectivity index (χ2v) is 4.83. The minimum absolute atomic E-state index is 0.581. The van der Waals surface area contributed by atoms with Gasteiger partial charge in [-0.25, -0.2) is 0 Å². The highest BCUT2D eigenvalue weighted by Gasteiger charge is 2.06. The molecule has 18 heavy (non-hydrogen) atoms. The number of rotatable bonds is 4. The smallest absolute Gasteiger partial charge is 0.100 e. The fraction of sp³-hybridized carbons (Fsp3) is 0.133. The Kier molecular flexibility index (Phi) is 4.40. The summed E-state index contributed by atoms with van der Waals surface area (Å²) in [6.07, 6.45) is 0. The van der Waals surface area contributed by atoms with Crippen LogP contribution in [0, 0.1) is 11.3 Å². The van der Waals surface area contributed by atoms with E-state index in [0.29, 0.717) is 12.2 Å². The highest BCUT2D eigenvalue weighted by Crippen LogP contribution is 2.32. The van der Waals surface area contributed by atoms with E-state index in [9.17, 15) is 0 Å². The Bertz CT molecular complexity index is 575. The van der Waals surface area contributed by atoms with Crippen LogP contribution < -0.4 is 0 Å². The standard InChI is InChI=1S/C15H13NOS/c1-17-11-13-7-3-5-9-15(13)18-14-8-4-2-6-12(14)10-16/h2-9H,11H2,1H3. The molecule has 0 unspecified atom stereocenters. The molecule has 0 fully saturated rings. The zero-order valence-corrected chi connectivity index (χ0v) is 10.9. The van der Waals surface area contributed by atoms with Gasteiger partial charge in [-0.2, -0.15) is 5.26 Å². The molecule has 0 heterocycles. The number of methoxy groups -OCH3 is 1. The van der Waals surface area contributed by atoms with Gasteiger partial charge >= 0.3 is 0 Å². The zero-order valence-electron chi connectivity index (χ0n) is 10.1. The Morgan fingerprint density at radius 2 is 1.72 bits per heavy atom. The van der Waals surface area contributed by atoms with Crippen molar-refractivity contribution in [3.63, 3.8) is 0 Å². The van der Waals surface area contributed by atoms with E-state index >= 15 is 0 Å². The maximum absolute atomic E-state index is 9.08. The molecule has 0 atom stereocenters. The number of hydrogen-bond acceptors (Lipinski definition) is 3. The second kappa shape index (κ2) is 6.25. The Morgan fingerprint density at radius 1 is 1.06 bits per heavy atom. The minimum atomic E-state index is 0.581. The van der Waals surface area contributed by atoms with Gasteiger partial charge in [-0.3, -0.25) is 0 Å². The van der Waals surface area contributed by atoms with Crippen LogP contribution in [0.2, 0.25) is 0 Å². The molecule has 2 aromatic carbocycles. The number of benzene rings is 2. The topological polar surface area (TPSA) is 33.0 Å². The lowest BCUT2D eigenvalue weighted by Crippen LogP contribution is -1.90. The molecule has 2 rings (SSSR count). The molecule has 0 aliphatic carbocycles. The molecule has 0 radical (unpaired) electrons. The third-order valence-electron chi connectivity index (χ3n) is 2.50. The fourth-order valence-corrected chi connectivity index (χ4v) is 2.66. The molecule has 0 amide bonds. The van der Waals surface area contributed by atoms with E-state index < -0.39 is 0 Å². The van der Waals surface area contributed by atoms with Crippen molar-refractivity contribution in [2.24, 2.45) is 0 Å². The first-order valence-corrected chi connectivity index (χ1v) is 6.40. The Labute approximate surface area is 111 Å². The van der Waals surface area contributed by atoms with E-state index in [0.717, 1.165) is 15.4 Å². The highest BCUT2D eigenvalue weighted by atomic mass is 32.2. The summed E-state index contributed by atoms with van der Waals surface area (Å²) in [5.74, 6) is 0. The van der Waals surface area contributed by atoms with Crippen LogP contribution in [0.5, 0.6) is 0 Å². The van der Waals surface area contributed by atoms with Crippen molar-refractivity contribution < 1.29 is 4.74 Å². The number of ether oxygens (including phenoxy) is 1. The summed E-state index contributed by atoms with van der Waals surface area (Å²) in [4.78, 5) is 2.10. The quantitative estimate of drug-likeness (QED) is 0.831. The lowest BCUT2D eigenvalue weighted by molar-refractivity contribution is 0.183. The van der Waals surface area contributed by atoms with Gasteiger partial charge in [-0.05, 0) is 23.8 Å².